The van der Waals surface area contributed by atoms with Gasteiger partial charge in [-0.1, -0.05) is 11.6 Å². The predicted molar refractivity (Wildman–Crippen MR) is 107 cm³/mol. The van der Waals surface area contributed by atoms with Gasteiger partial charge in [0.15, 0.2) is 9.84 Å². The van der Waals surface area contributed by atoms with E-state index in [1.54, 1.807) is 6.20 Å². The summed E-state index contributed by atoms with van der Waals surface area (Å²) in [7, 11) is -2.07. The van der Waals surface area contributed by atoms with Crippen molar-refractivity contribution in [2.75, 3.05) is 17.7 Å². The van der Waals surface area contributed by atoms with Crippen molar-refractivity contribution >= 4 is 38.3 Å². The van der Waals surface area contributed by atoms with Gasteiger partial charge in [0, 0.05) is 19.3 Å². The van der Waals surface area contributed by atoms with Crippen molar-refractivity contribution in [2.45, 2.75) is 30.0 Å². The lowest BCUT2D eigenvalue weighted by atomic mass is 9.81. The number of benzene rings is 1. The summed E-state index contributed by atoms with van der Waals surface area (Å²) in [6, 6.07) is 4.32. The first-order valence-corrected chi connectivity index (χ1v) is 11.2. The van der Waals surface area contributed by atoms with E-state index in [0.29, 0.717) is 24.6 Å². The van der Waals surface area contributed by atoms with Gasteiger partial charge in [-0.3, -0.25) is 0 Å². The van der Waals surface area contributed by atoms with Crippen LogP contribution in [0.2, 0.25) is 5.02 Å². The molecule has 1 saturated carbocycles. The van der Waals surface area contributed by atoms with Crippen LogP contribution in [0.5, 0.6) is 0 Å². The standard InChI is InChI=1S/C19H18ClF3N4O2S/c1-27(18-14-4-5-24-17(14)25-10-26-18)13-6-11(7-13)9-30(28,29)16-8-12(19(21,22)23)2-3-15(16)20/h2-5,8,10-11,13H,6-7,9H2,1H3,(H,24,25,26). The summed E-state index contributed by atoms with van der Waals surface area (Å²) in [6.07, 6.45) is -0.239. The zero-order valence-corrected chi connectivity index (χ0v) is 17.4. The number of hydrogen-bond donors (Lipinski definition) is 1. The van der Waals surface area contributed by atoms with Crippen molar-refractivity contribution < 1.29 is 21.6 Å². The van der Waals surface area contributed by atoms with E-state index in [1.807, 2.05) is 18.0 Å². The van der Waals surface area contributed by atoms with E-state index >= 15 is 0 Å². The molecule has 1 N–H and O–H groups in total. The fourth-order valence-corrected chi connectivity index (χ4v) is 6.00. The van der Waals surface area contributed by atoms with Gasteiger partial charge in [0.1, 0.15) is 17.8 Å². The minimum Gasteiger partial charge on any atom is -0.356 e. The lowest BCUT2D eigenvalue weighted by Crippen LogP contribution is -2.45. The molecule has 160 valence electrons. The van der Waals surface area contributed by atoms with Crippen molar-refractivity contribution in [3.63, 3.8) is 0 Å². The molecule has 0 unspecified atom stereocenters. The Bertz CT molecular complexity index is 1190. The molecule has 30 heavy (non-hydrogen) atoms. The number of fused-ring (bicyclic) bond motifs is 1. The van der Waals surface area contributed by atoms with Crippen LogP contribution in [0.15, 0.2) is 41.7 Å². The molecule has 0 saturated heterocycles. The predicted octanol–water partition coefficient (Wildman–Crippen LogP) is 4.32. The monoisotopic (exact) mass is 458 g/mol. The first-order chi connectivity index (χ1) is 14.1. The highest BCUT2D eigenvalue weighted by Gasteiger charge is 2.38. The Hall–Kier alpha value is -2.33. The molecule has 1 aliphatic rings. The van der Waals surface area contributed by atoms with Crippen LogP contribution in [0.3, 0.4) is 0 Å². The third kappa shape index (κ3) is 3.85. The number of nitrogens with one attached hydrogen (secondary N) is 1. The van der Waals surface area contributed by atoms with E-state index in [9.17, 15) is 21.6 Å². The van der Waals surface area contributed by atoms with Gasteiger partial charge in [-0.2, -0.15) is 13.2 Å². The molecule has 3 aromatic rings. The average molecular weight is 459 g/mol. The third-order valence-electron chi connectivity index (χ3n) is 5.47. The molecule has 0 aliphatic heterocycles. The second kappa shape index (κ2) is 7.42. The molecule has 1 fully saturated rings. The Kier molecular flexibility index (Phi) is 5.17. The molecule has 2 heterocycles. The van der Waals surface area contributed by atoms with Gasteiger partial charge >= 0.3 is 6.18 Å². The third-order valence-corrected chi connectivity index (χ3v) is 7.83. The Labute approximate surface area is 176 Å². The van der Waals surface area contributed by atoms with E-state index in [4.69, 9.17) is 11.6 Å². The lowest BCUT2D eigenvalue weighted by molar-refractivity contribution is -0.137. The summed E-state index contributed by atoms with van der Waals surface area (Å²) in [5, 5.41) is 0.665. The number of hydrogen-bond acceptors (Lipinski definition) is 5. The maximum atomic E-state index is 13.0. The van der Waals surface area contributed by atoms with Crippen LogP contribution in [0.25, 0.3) is 11.0 Å². The average Bonchev–Trinajstić information content (AvgIpc) is 3.12. The molecule has 0 bridgehead atoms. The normalized spacial score (nSPS) is 19.6. The van der Waals surface area contributed by atoms with Crippen LogP contribution in [0, 0.1) is 5.92 Å². The number of anilines is 1. The number of nitrogens with zero attached hydrogens (tertiary/aromatic N) is 3. The first kappa shape index (κ1) is 20.9. The summed E-state index contributed by atoms with van der Waals surface area (Å²) in [6.45, 7) is 0. The van der Waals surface area contributed by atoms with Crippen molar-refractivity contribution in [1.82, 2.24) is 15.0 Å². The molecular formula is C19H18ClF3N4O2S. The van der Waals surface area contributed by atoms with Gasteiger partial charge in [0.25, 0.3) is 0 Å². The molecular weight excluding hydrogens is 441 g/mol. The minimum atomic E-state index is -4.64. The van der Waals surface area contributed by atoms with Gasteiger partial charge in [0.2, 0.25) is 0 Å². The van der Waals surface area contributed by atoms with Crippen molar-refractivity contribution in [3.05, 3.63) is 47.4 Å². The van der Waals surface area contributed by atoms with Gasteiger partial charge in [0.05, 0.1) is 26.6 Å². The first-order valence-electron chi connectivity index (χ1n) is 9.16. The van der Waals surface area contributed by atoms with Gasteiger partial charge in [-0.25, -0.2) is 18.4 Å². The Balaban J connectivity index is 1.46. The molecule has 0 radical (unpaired) electrons. The van der Waals surface area contributed by atoms with Crippen LogP contribution in [-0.4, -0.2) is 42.2 Å². The van der Waals surface area contributed by atoms with E-state index in [0.717, 1.165) is 23.3 Å². The minimum absolute atomic E-state index is 0.0789. The highest BCUT2D eigenvalue weighted by molar-refractivity contribution is 7.91. The molecule has 6 nitrogen and oxygen atoms in total. The van der Waals surface area contributed by atoms with Gasteiger partial charge < -0.3 is 9.88 Å². The van der Waals surface area contributed by atoms with E-state index in [2.05, 4.69) is 15.0 Å². The van der Waals surface area contributed by atoms with Crippen LogP contribution < -0.4 is 4.90 Å². The maximum absolute atomic E-state index is 13.0. The fourth-order valence-electron chi connectivity index (χ4n) is 3.78. The smallest absolute Gasteiger partial charge is 0.356 e. The molecule has 0 spiro atoms. The Morgan fingerprint density at radius 1 is 1.23 bits per heavy atom. The quantitative estimate of drug-likeness (QED) is 0.616. The zero-order valence-electron chi connectivity index (χ0n) is 15.8. The molecule has 1 aliphatic carbocycles. The fraction of sp³-hybridized carbons (Fsp3) is 0.368. The zero-order chi connectivity index (χ0) is 21.7. The van der Waals surface area contributed by atoms with Gasteiger partial charge in [-0.05, 0) is 43.0 Å². The molecule has 11 heteroatoms. The van der Waals surface area contributed by atoms with Crippen LogP contribution in [-0.2, 0) is 16.0 Å². The highest BCUT2D eigenvalue weighted by Crippen LogP contribution is 2.38. The second-order valence-electron chi connectivity index (χ2n) is 7.46. The Morgan fingerprint density at radius 3 is 2.67 bits per heavy atom. The number of aromatic amines is 1. The summed E-state index contributed by atoms with van der Waals surface area (Å²) < 4.78 is 64.3. The summed E-state index contributed by atoms with van der Waals surface area (Å²) in [4.78, 5) is 13.0. The van der Waals surface area contributed by atoms with Crippen molar-refractivity contribution in [1.29, 1.82) is 0 Å². The number of halogens is 4. The van der Waals surface area contributed by atoms with Crippen LogP contribution >= 0.6 is 11.6 Å². The SMILES string of the molecule is CN(c1ncnc2[nH]ccc12)C1CC(CS(=O)(=O)c2cc(C(F)(F)F)ccc2Cl)C1. The van der Waals surface area contributed by atoms with E-state index in [-0.39, 0.29) is 22.7 Å². The van der Waals surface area contributed by atoms with Crippen molar-refractivity contribution in [2.24, 2.45) is 5.92 Å². The lowest BCUT2D eigenvalue weighted by Gasteiger charge is -2.41. The van der Waals surface area contributed by atoms with Gasteiger partial charge in [-0.15, -0.1) is 0 Å². The molecule has 4 rings (SSSR count). The highest BCUT2D eigenvalue weighted by atomic mass is 35.5. The summed E-state index contributed by atoms with van der Waals surface area (Å²) in [5.74, 6) is 0.326. The second-order valence-corrected chi connectivity index (χ2v) is 9.87. The number of aromatic nitrogens is 3. The number of sulfone groups is 1. The molecule has 0 amide bonds. The largest absolute Gasteiger partial charge is 0.416 e. The van der Waals surface area contributed by atoms with Crippen molar-refractivity contribution in [3.8, 4) is 0 Å². The number of alkyl halides is 3. The van der Waals surface area contributed by atoms with E-state index < -0.39 is 26.5 Å². The summed E-state index contributed by atoms with van der Waals surface area (Å²) in [5.41, 5.74) is -0.319. The van der Waals surface area contributed by atoms with E-state index in [1.165, 1.54) is 6.33 Å². The number of rotatable bonds is 5. The molecule has 0 atom stereocenters. The summed E-state index contributed by atoms with van der Waals surface area (Å²) >= 11 is 5.91. The topological polar surface area (TPSA) is 79.0 Å². The van der Waals surface area contributed by atoms with Crippen LogP contribution in [0.4, 0.5) is 19.0 Å². The Morgan fingerprint density at radius 2 is 1.97 bits per heavy atom. The molecule has 1 aromatic carbocycles. The number of H-pyrrole nitrogens is 1. The van der Waals surface area contributed by atoms with Crippen LogP contribution in [0.1, 0.15) is 18.4 Å². The maximum Gasteiger partial charge on any atom is 0.416 e. The molecule has 2 aromatic heterocycles.